The van der Waals surface area contributed by atoms with Crippen molar-refractivity contribution in [2.75, 3.05) is 25.0 Å². The van der Waals surface area contributed by atoms with E-state index in [4.69, 9.17) is 0 Å². The molecule has 0 amide bonds. The van der Waals surface area contributed by atoms with Crippen LogP contribution in [0.4, 0.5) is 5.82 Å². The van der Waals surface area contributed by atoms with E-state index in [1.807, 2.05) is 29.1 Å². The van der Waals surface area contributed by atoms with Gasteiger partial charge in [-0.05, 0) is 71.3 Å². The van der Waals surface area contributed by atoms with Crippen molar-refractivity contribution in [2.24, 2.45) is 0 Å². The average molecular weight is 367 g/mol. The van der Waals surface area contributed by atoms with Crippen LogP contribution in [0.15, 0.2) is 30.6 Å². The number of nitrogens with zero attached hydrogens (tertiary/aromatic N) is 4. The molecule has 0 bridgehead atoms. The van der Waals surface area contributed by atoms with E-state index in [1.54, 1.807) is 6.20 Å². The number of pyridine rings is 1. The zero-order chi connectivity index (χ0) is 18.9. The van der Waals surface area contributed by atoms with Crippen LogP contribution in [0.25, 0.3) is 0 Å². The van der Waals surface area contributed by atoms with E-state index in [9.17, 15) is 4.79 Å². The largest absolute Gasteiger partial charge is 0.361 e. The lowest BCUT2D eigenvalue weighted by Gasteiger charge is -2.37. The number of nitrogens with one attached hydrogen (secondary N) is 1. The molecular weight excluding hydrogens is 338 g/mol. The fourth-order valence-electron chi connectivity index (χ4n) is 4.32. The number of carbonyl (C=O) groups excluding carboxylic acids is 1. The first-order valence-electron chi connectivity index (χ1n) is 10.1. The van der Waals surface area contributed by atoms with E-state index in [0.29, 0.717) is 12.0 Å². The first kappa shape index (κ1) is 18.2. The third-order valence-electron chi connectivity index (χ3n) is 5.78. The molecule has 2 aliphatic heterocycles. The first-order valence-corrected chi connectivity index (χ1v) is 10.1. The van der Waals surface area contributed by atoms with Crippen molar-refractivity contribution in [3.63, 3.8) is 0 Å². The van der Waals surface area contributed by atoms with Gasteiger partial charge in [-0.3, -0.25) is 9.78 Å². The van der Waals surface area contributed by atoms with Crippen LogP contribution in [0.3, 0.4) is 0 Å². The van der Waals surface area contributed by atoms with Gasteiger partial charge in [0.1, 0.15) is 5.82 Å². The first-order chi connectivity index (χ1) is 13.0. The van der Waals surface area contributed by atoms with E-state index >= 15 is 0 Å². The summed E-state index contributed by atoms with van der Waals surface area (Å²) in [6.07, 6.45) is 8.50. The maximum atomic E-state index is 12.9. The quantitative estimate of drug-likeness (QED) is 0.790. The smallest absolute Gasteiger partial charge is 0.168 e. The number of hydrogen-bond acceptors (Lipinski definition) is 5. The van der Waals surface area contributed by atoms with Crippen LogP contribution in [-0.2, 0) is 5.54 Å². The molecule has 1 unspecified atom stereocenters. The minimum atomic E-state index is -0.170. The van der Waals surface area contributed by atoms with Crippen molar-refractivity contribution in [2.45, 2.75) is 57.5 Å². The van der Waals surface area contributed by atoms with Gasteiger partial charge in [-0.1, -0.05) is 6.07 Å². The summed E-state index contributed by atoms with van der Waals surface area (Å²) in [5.41, 5.74) is 1.55. The summed E-state index contributed by atoms with van der Waals surface area (Å²) < 4.78 is 1.97. The molecule has 0 radical (unpaired) electrons. The number of fused-ring (bicyclic) bond motifs is 1. The van der Waals surface area contributed by atoms with E-state index in [2.05, 4.69) is 34.1 Å². The van der Waals surface area contributed by atoms with Gasteiger partial charge in [0.15, 0.2) is 5.78 Å². The molecule has 4 rings (SSSR count). The Morgan fingerprint density at radius 2 is 2.11 bits per heavy atom. The molecule has 1 saturated heterocycles. The lowest BCUT2D eigenvalue weighted by atomic mass is 9.90. The number of carbonyl (C=O) groups is 1. The normalized spacial score (nSPS) is 21.6. The Bertz CT molecular complexity index is 792. The van der Waals surface area contributed by atoms with Crippen molar-refractivity contribution < 1.29 is 4.79 Å². The number of rotatable bonds is 6. The number of hydrogen-bond donors (Lipinski definition) is 1. The predicted octanol–water partition coefficient (Wildman–Crippen LogP) is 3.63. The minimum Gasteiger partial charge on any atom is -0.361 e. The lowest BCUT2D eigenvalue weighted by molar-refractivity contribution is 0.0976. The molecule has 2 aromatic heterocycles. The second-order valence-corrected chi connectivity index (χ2v) is 8.36. The highest BCUT2D eigenvalue weighted by Crippen LogP contribution is 2.39. The number of anilines is 1. The van der Waals surface area contributed by atoms with Gasteiger partial charge in [0.05, 0.1) is 29.0 Å². The molecule has 1 atom stereocenters. The van der Waals surface area contributed by atoms with Gasteiger partial charge >= 0.3 is 0 Å². The van der Waals surface area contributed by atoms with E-state index < -0.39 is 0 Å². The van der Waals surface area contributed by atoms with Gasteiger partial charge in [0, 0.05) is 12.6 Å². The fourth-order valence-corrected chi connectivity index (χ4v) is 4.32. The number of likely N-dealkylation sites (tertiary alicyclic amines) is 1. The maximum Gasteiger partial charge on any atom is 0.168 e. The van der Waals surface area contributed by atoms with E-state index in [-0.39, 0.29) is 17.4 Å². The van der Waals surface area contributed by atoms with Crippen LogP contribution in [0.5, 0.6) is 0 Å². The van der Waals surface area contributed by atoms with Crippen LogP contribution in [-0.4, -0.2) is 45.1 Å². The summed E-state index contributed by atoms with van der Waals surface area (Å²) in [6, 6.07) is 6.06. The summed E-state index contributed by atoms with van der Waals surface area (Å²) in [7, 11) is 0. The molecule has 0 spiro atoms. The Morgan fingerprint density at radius 3 is 2.85 bits per heavy atom. The Hall–Kier alpha value is -2.21. The van der Waals surface area contributed by atoms with Gasteiger partial charge in [-0.15, -0.1) is 0 Å². The molecule has 2 aromatic rings. The zero-order valence-corrected chi connectivity index (χ0v) is 16.3. The highest BCUT2D eigenvalue weighted by atomic mass is 16.1. The van der Waals surface area contributed by atoms with E-state index in [0.717, 1.165) is 30.9 Å². The van der Waals surface area contributed by atoms with E-state index in [1.165, 1.54) is 25.9 Å². The van der Waals surface area contributed by atoms with Crippen LogP contribution >= 0.6 is 0 Å². The molecule has 6 heteroatoms. The summed E-state index contributed by atoms with van der Waals surface area (Å²) in [4.78, 5) is 19.8. The molecule has 4 heterocycles. The Kier molecular flexibility index (Phi) is 5.00. The third-order valence-corrected chi connectivity index (χ3v) is 5.78. The second-order valence-electron chi connectivity index (χ2n) is 8.36. The Morgan fingerprint density at radius 1 is 1.30 bits per heavy atom. The summed E-state index contributed by atoms with van der Waals surface area (Å²) in [5.74, 6) is 1.02. The van der Waals surface area contributed by atoms with Crippen LogP contribution in [0, 0.1) is 0 Å². The van der Waals surface area contributed by atoms with Gasteiger partial charge < -0.3 is 10.2 Å². The molecule has 27 heavy (non-hydrogen) atoms. The fraction of sp³-hybridized carbons (Fsp3) is 0.571. The minimum absolute atomic E-state index is 0.0848. The van der Waals surface area contributed by atoms with Crippen molar-refractivity contribution in [3.8, 4) is 0 Å². The van der Waals surface area contributed by atoms with Gasteiger partial charge in [-0.25, -0.2) is 4.68 Å². The summed E-state index contributed by atoms with van der Waals surface area (Å²) in [6.45, 7) is 7.71. The van der Waals surface area contributed by atoms with Gasteiger partial charge in [-0.2, -0.15) is 5.10 Å². The average Bonchev–Trinajstić information content (AvgIpc) is 3.32. The summed E-state index contributed by atoms with van der Waals surface area (Å²) in [5, 5.41) is 8.08. The zero-order valence-electron chi connectivity index (χ0n) is 16.3. The molecule has 0 aromatic carbocycles. The number of Topliss-reactive ketones (excluding diaryl/α,β-unsaturated/α-hetero) is 1. The topological polar surface area (TPSA) is 63.1 Å². The molecule has 0 saturated carbocycles. The maximum absolute atomic E-state index is 12.9. The lowest BCUT2D eigenvalue weighted by Crippen LogP contribution is -2.38. The highest BCUT2D eigenvalue weighted by molar-refractivity contribution is 6.00. The molecule has 1 N–H and O–H groups in total. The van der Waals surface area contributed by atoms with Crippen molar-refractivity contribution in [1.29, 1.82) is 0 Å². The van der Waals surface area contributed by atoms with Crippen molar-refractivity contribution >= 4 is 11.6 Å². The van der Waals surface area contributed by atoms with Crippen LogP contribution in [0.1, 0.15) is 68.0 Å². The Balaban J connectivity index is 1.49. The monoisotopic (exact) mass is 367 g/mol. The predicted molar refractivity (Wildman–Crippen MR) is 106 cm³/mol. The molecule has 2 aliphatic rings. The molecule has 144 valence electrons. The SMILES string of the molecule is CC1(C)CC(c2ccccn2)Nc2c(C(=O)CCCN3CCCC3)cnn21. The highest BCUT2D eigenvalue weighted by Gasteiger charge is 2.36. The molecule has 1 fully saturated rings. The van der Waals surface area contributed by atoms with Gasteiger partial charge in [0.25, 0.3) is 0 Å². The van der Waals surface area contributed by atoms with Crippen molar-refractivity contribution in [3.05, 3.63) is 41.9 Å². The number of aromatic nitrogens is 3. The van der Waals surface area contributed by atoms with Crippen molar-refractivity contribution in [1.82, 2.24) is 19.7 Å². The van der Waals surface area contributed by atoms with Crippen LogP contribution in [0.2, 0.25) is 0 Å². The molecule has 0 aliphatic carbocycles. The second kappa shape index (κ2) is 7.43. The molecular formula is C21H29N5O. The number of ketones is 1. The third kappa shape index (κ3) is 3.76. The Labute approximate surface area is 161 Å². The van der Waals surface area contributed by atoms with Crippen LogP contribution < -0.4 is 5.32 Å². The molecule has 6 nitrogen and oxygen atoms in total. The van der Waals surface area contributed by atoms with Gasteiger partial charge in [0.2, 0.25) is 0 Å². The summed E-state index contributed by atoms with van der Waals surface area (Å²) >= 11 is 0. The standard InChI is InChI=1S/C21H29N5O/c1-21(2)14-18(17-8-3-4-10-22-17)24-20-16(15-23-26(20)21)19(27)9-7-13-25-11-5-6-12-25/h3-4,8,10,15,18,24H,5-7,9,11-14H2,1-2H3.